The number of nitrogen functional groups attached to an aromatic ring is 1. The molecule has 1 aromatic heterocycles. The first-order chi connectivity index (χ1) is 9.36. The highest BCUT2D eigenvalue weighted by Crippen LogP contribution is 2.35. The summed E-state index contributed by atoms with van der Waals surface area (Å²) >= 11 is 0. The lowest BCUT2D eigenvalue weighted by Crippen LogP contribution is -2.24. The molecule has 0 saturated carbocycles. The van der Waals surface area contributed by atoms with E-state index in [-0.39, 0.29) is 5.54 Å². The minimum Gasteiger partial charge on any atom is -0.493 e. The van der Waals surface area contributed by atoms with Crippen molar-refractivity contribution in [2.45, 2.75) is 40.2 Å². The first-order valence-corrected chi connectivity index (χ1v) is 6.93. The van der Waals surface area contributed by atoms with Crippen LogP contribution in [0.2, 0.25) is 0 Å². The molecule has 4 heteroatoms. The van der Waals surface area contributed by atoms with Gasteiger partial charge >= 0.3 is 0 Å². The summed E-state index contributed by atoms with van der Waals surface area (Å²) in [5.41, 5.74) is 7.97. The number of aryl methyl sites for hydroxylation is 1. The molecule has 4 nitrogen and oxygen atoms in total. The van der Waals surface area contributed by atoms with E-state index >= 15 is 0 Å². The van der Waals surface area contributed by atoms with Crippen molar-refractivity contribution in [3.63, 3.8) is 0 Å². The Kier molecular flexibility index (Phi) is 3.75. The van der Waals surface area contributed by atoms with E-state index < -0.39 is 0 Å². The van der Waals surface area contributed by atoms with Gasteiger partial charge in [-0.25, -0.2) is 4.98 Å². The highest BCUT2D eigenvalue weighted by atomic mass is 16.5. The van der Waals surface area contributed by atoms with E-state index in [2.05, 4.69) is 30.3 Å². The lowest BCUT2D eigenvalue weighted by molar-refractivity contribution is 0.341. The Bertz CT molecular complexity index is 609. The van der Waals surface area contributed by atoms with Gasteiger partial charge in [-0.15, -0.1) is 0 Å². The predicted octanol–water partition coefficient (Wildman–Crippen LogP) is 3.59. The number of nitrogens with two attached hydrogens (primary N) is 1. The number of hydrogen-bond donors (Lipinski definition) is 1. The third-order valence-corrected chi connectivity index (χ3v) is 3.19. The van der Waals surface area contributed by atoms with Crippen LogP contribution in [0.4, 0.5) is 5.82 Å². The molecule has 108 valence electrons. The fourth-order valence-corrected chi connectivity index (χ4v) is 2.54. The van der Waals surface area contributed by atoms with Gasteiger partial charge in [0.2, 0.25) is 0 Å². The minimum absolute atomic E-state index is 0.0972. The van der Waals surface area contributed by atoms with E-state index in [0.717, 1.165) is 22.8 Å². The van der Waals surface area contributed by atoms with Crippen LogP contribution in [0.1, 0.15) is 33.5 Å². The normalized spacial score (nSPS) is 11.7. The van der Waals surface area contributed by atoms with Crippen LogP contribution in [-0.2, 0) is 5.54 Å². The molecular weight excluding hydrogens is 250 g/mol. The van der Waals surface area contributed by atoms with Crippen LogP contribution in [0.5, 0.6) is 5.75 Å². The third-order valence-electron chi connectivity index (χ3n) is 3.19. The van der Waals surface area contributed by atoms with E-state index in [9.17, 15) is 0 Å². The van der Waals surface area contributed by atoms with Crippen LogP contribution < -0.4 is 10.5 Å². The molecule has 0 aliphatic carbocycles. The van der Waals surface area contributed by atoms with Gasteiger partial charge in [0.05, 0.1) is 6.61 Å². The van der Waals surface area contributed by atoms with E-state index in [1.54, 1.807) is 0 Å². The van der Waals surface area contributed by atoms with Crippen molar-refractivity contribution in [1.29, 1.82) is 0 Å². The number of benzene rings is 1. The molecule has 1 heterocycles. The van der Waals surface area contributed by atoms with Crippen molar-refractivity contribution >= 4 is 5.82 Å². The topological polar surface area (TPSA) is 53.1 Å². The van der Waals surface area contributed by atoms with Crippen LogP contribution in [0.25, 0.3) is 11.3 Å². The van der Waals surface area contributed by atoms with Crippen molar-refractivity contribution in [3.8, 4) is 17.0 Å². The molecule has 1 aromatic carbocycles. The van der Waals surface area contributed by atoms with Gasteiger partial charge in [-0.3, -0.25) is 0 Å². The summed E-state index contributed by atoms with van der Waals surface area (Å²) in [5.74, 6) is 2.42. The standard InChI is InChI=1S/C16H23N3O/c1-6-20-13-10-8-7-9-12(13)14-15(17)19(11(2)18-14)16(3,4)5/h7-10H,6,17H2,1-5H3. The molecule has 20 heavy (non-hydrogen) atoms. The maximum atomic E-state index is 6.33. The quantitative estimate of drug-likeness (QED) is 0.929. The number of hydrogen-bond acceptors (Lipinski definition) is 3. The van der Waals surface area contributed by atoms with E-state index in [1.807, 2.05) is 38.1 Å². The molecule has 0 atom stereocenters. The molecule has 0 bridgehead atoms. The SMILES string of the molecule is CCOc1ccccc1-c1nc(C)n(C(C)(C)C)c1N. The Hall–Kier alpha value is -1.97. The first kappa shape index (κ1) is 14.4. The maximum Gasteiger partial charge on any atom is 0.132 e. The van der Waals surface area contributed by atoms with Gasteiger partial charge in [0.1, 0.15) is 23.1 Å². The lowest BCUT2D eigenvalue weighted by atomic mass is 10.1. The summed E-state index contributed by atoms with van der Waals surface area (Å²) in [5, 5.41) is 0. The van der Waals surface area contributed by atoms with Gasteiger partial charge in [0.25, 0.3) is 0 Å². The lowest BCUT2D eigenvalue weighted by Gasteiger charge is -2.24. The minimum atomic E-state index is -0.0972. The summed E-state index contributed by atoms with van der Waals surface area (Å²) in [7, 11) is 0. The zero-order valence-corrected chi connectivity index (χ0v) is 12.9. The van der Waals surface area contributed by atoms with Crippen molar-refractivity contribution in [3.05, 3.63) is 30.1 Å². The molecule has 0 radical (unpaired) electrons. The van der Waals surface area contributed by atoms with Gasteiger partial charge in [-0.05, 0) is 46.8 Å². The molecule has 0 amide bonds. The number of imidazole rings is 1. The average molecular weight is 273 g/mol. The van der Waals surface area contributed by atoms with Gasteiger partial charge in [0, 0.05) is 11.1 Å². The fraction of sp³-hybridized carbons (Fsp3) is 0.438. The second-order valence-electron chi connectivity index (χ2n) is 5.83. The first-order valence-electron chi connectivity index (χ1n) is 6.93. The Morgan fingerprint density at radius 1 is 1.25 bits per heavy atom. The second-order valence-corrected chi connectivity index (χ2v) is 5.83. The molecule has 0 fully saturated rings. The third kappa shape index (κ3) is 2.50. The molecule has 0 aliphatic heterocycles. The van der Waals surface area contributed by atoms with Gasteiger partial charge < -0.3 is 15.0 Å². The van der Waals surface area contributed by atoms with Crippen LogP contribution in [0, 0.1) is 6.92 Å². The summed E-state index contributed by atoms with van der Waals surface area (Å²) < 4.78 is 7.74. The maximum absolute atomic E-state index is 6.33. The Balaban J connectivity index is 2.61. The Morgan fingerprint density at radius 2 is 1.90 bits per heavy atom. The van der Waals surface area contributed by atoms with Crippen molar-refractivity contribution in [1.82, 2.24) is 9.55 Å². The molecule has 0 saturated heterocycles. The molecule has 0 unspecified atom stereocenters. The van der Waals surface area contributed by atoms with Gasteiger partial charge in [0.15, 0.2) is 0 Å². The summed E-state index contributed by atoms with van der Waals surface area (Å²) in [6, 6.07) is 7.88. The van der Waals surface area contributed by atoms with E-state index in [1.165, 1.54) is 0 Å². The Morgan fingerprint density at radius 3 is 2.45 bits per heavy atom. The largest absolute Gasteiger partial charge is 0.493 e. The molecule has 2 N–H and O–H groups in total. The Labute approximate surface area is 120 Å². The summed E-state index contributed by atoms with van der Waals surface area (Å²) in [4.78, 5) is 4.65. The van der Waals surface area contributed by atoms with Crippen LogP contribution >= 0.6 is 0 Å². The van der Waals surface area contributed by atoms with Crippen molar-refractivity contribution < 1.29 is 4.74 Å². The molecule has 2 rings (SSSR count). The van der Waals surface area contributed by atoms with Crippen molar-refractivity contribution in [2.24, 2.45) is 0 Å². The number of rotatable bonds is 3. The fourth-order valence-electron chi connectivity index (χ4n) is 2.54. The van der Waals surface area contributed by atoms with Gasteiger partial charge in [-0.1, -0.05) is 12.1 Å². The smallest absolute Gasteiger partial charge is 0.132 e. The van der Waals surface area contributed by atoms with E-state index in [4.69, 9.17) is 10.5 Å². The average Bonchev–Trinajstić information content (AvgIpc) is 2.65. The van der Waals surface area contributed by atoms with Crippen molar-refractivity contribution in [2.75, 3.05) is 12.3 Å². The van der Waals surface area contributed by atoms with E-state index in [0.29, 0.717) is 12.4 Å². The number of para-hydroxylation sites is 1. The second kappa shape index (κ2) is 5.19. The summed E-state index contributed by atoms with van der Waals surface area (Å²) in [6.07, 6.45) is 0. The van der Waals surface area contributed by atoms with Crippen LogP contribution in [0.3, 0.4) is 0 Å². The summed E-state index contributed by atoms with van der Waals surface area (Å²) in [6.45, 7) is 10.9. The predicted molar refractivity (Wildman–Crippen MR) is 83.0 cm³/mol. The molecule has 2 aromatic rings. The zero-order valence-electron chi connectivity index (χ0n) is 12.9. The number of nitrogens with zero attached hydrogens (tertiary/aromatic N) is 2. The number of aromatic nitrogens is 2. The molecule has 0 spiro atoms. The highest BCUT2D eigenvalue weighted by molar-refractivity contribution is 5.76. The molecule has 0 aliphatic rings. The van der Waals surface area contributed by atoms with Crippen LogP contribution in [0.15, 0.2) is 24.3 Å². The number of ether oxygens (including phenoxy) is 1. The van der Waals surface area contributed by atoms with Crippen LogP contribution in [-0.4, -0.2) is 16.2 Å². The van der Waals surface area contributed by atoms with Gasteiger partial charge in [-0.2, -0.15) is 0 Å². The zero-order chi connectivity index (χ0) is 14.9. The molecular formula is C16H23N3O. The number of anilines is 1. The highest BCUT2D eigenvalue weighted by Gasteiger charge is 2.23. The monoisotopic (exact) mass is 273 g/mol.